The molecule has 5 N–H and O–H groups in total. The predicted octanol–water partition coefficient (Wildman–Crippen LogP) is 1.03. The molecule has 102 valence electrons. The smallest absolute Gasteiger partial charge is 0.240 e. The van der Waals surface area contributed by atoms with Gasteiger partial charge in [0, 0.05) is 24.0 Å². The van der Waals surface area contributed by atoms with Crippen LogP contribution in [-0.4, -0.2) is 19.9 Å². The van der Waals surface area contributed by atoms with E-state index in [-0.39, 0.29) is 4.90 Å². The van der Waals surface area contributed by atoms with Crippen molar-refractivity contribution in [1.82, 2.24) is 4.98 Å². The molecule has 0 aliphatic heterocycles. The molecule has 0 aliphatic carbocycles. The number of nitrogens with zero attached hydrogens (tertiary/aromatic N) is 1. The van der Waals surface area contributed by atoms with E-state index in [0.29, 0.717) is 24.3 Å². The Morgan fingerprint density at radius 2 is 2.16 bits per heavy atom. The molecule has 2 aromatic rings. The van der Waals surface area contributed by atoms with Gasteiger partial charge < -0.3 is 11.1 Å². The molecule has 1 heterocycles. The molecule has 0 unspecified atom stereocenters. The lowest BCUT2D eigenvalue weighted by molar-refractivity contribution is 0.598. The standard InChI is InChI=1S/C11H14N4O2S2/c12-8-1-2-10(11(5-8)19(13,16)17)14-4-3-9-6-18-7-15-9/h1-2,5-7,14H,3-4,12H2,(H2,13,16,17). The molecule has 19 heavy (non-hydrogen) atoms. The first-order valence-corrected chi connectivity index (χ1v) is 7.99. The molecule has 0 aliphatic rings. The molecular formula is C11H14N4O2S2. The van der Waals surface area contributed by atoms with Crippen molar-refractivity contribution in [3.8, 4) is 0 Å². The summed E-state index contributed by atoms with van der Waals surface area (Å²) in [5.74, 6) is 0. The number of aromatic nitrogens is 1. The maximum Gasteiger partial charge on any atom is 0.240 e. The zero-order valence-corrected chi connectivity index (χ0v) is 11.7. The second-order valence-corrected chi connectivity index (χ2v) is 6.21. The van der Waals surface area contributed by atoms with Crippen LogP contribution in [0.1, 0.15) is 5.69 Å². The van der Waals surface area contributed by atoms with Crippen LogP contribution in [0.3, 0.4) is 0 Å². The van der Waals surface area contributed by atoms with E-state index in [2.05, 4.69) is 10.3 Å². The fourth-order valence-corrected chi connectivity index (χ4v) is 2.95. The van der Waals surface area contributed by atoms with E-state index in [9.17, 15) is 8.42 Å². The van der Waals surface area contributed by atoms with Crippen molar-refractivity contribution in [3.05, 3.63) is 34.8 Å². The highest BCUT2D eigenvalue weighted by Crippen LogP contribution is 2.22. The largest absolute Gasteiger partial charge is 0.399 e. The van der Waals surface area contributed by atoms with Crippen molar-refractivity contribution >= 4 is 32.7 Å². The quantitative estimate of drug-likeness (QED) is 0.714. The number of anilines is 2. The number of nitrogen functional groups attached to an aromatic ring is 1. The Morgan fingerprint density at radius 1 is 1.37 bits per heavy atom. The van der Waals surface area contributed by atoms with Gasteiger partial charge in [-0.2, -0.15) is 0 Å². The van der Waals surface area contributed by atoms with Crippen LogP contribution in [0.25, 0.3) is 0 Å². The molecule has 0 amide bonds. The molecule has 1 aromatic heterocycles. The molecular weight excluding hydrogens is 284 g/mol. The van der Waals surface area contributed by atoms with E-state index < -0.39 is 10.0 Å². The van der Waals surface area contributed by atoms with Gasteiger partial charge in [-0.3, -0.25) is 0 Å². The van der Waals surface area contributed by atoms with Crippen molar-refractivity contribution in [2.75, 3.05) is 17.6 Å². The Balaban J connectivity index is 2.12. The third-order valence-electron chi connectivity index (χ3n) is 2.49. The minimum atomic E-state index is -3.80. The maximum absolute atomic E-state index is 11.5. The first-order valence-electron chi connectivity index (χ1n) is 5.50. The normalized spacial score (nSPS) is 11.4. The highest BCUT2D eigenvalue weighted by molar-refractivity contribution is 7.89. The summed E-state index contributed by atoms with van der Waals surface area (Å²) >= 11 is 1.52. The molecule has 0 fully saturated rings. The van der Waals surface area contributed by atoms with Crippen molar-refractivity contribution in [2.24, 2.45) is 5.14 Å². The number of nitrogens with two attached hydrogens (primary N) is 2. The number of hydrogen-bond acceptors (Lipinski definition) is 6. The Morgan fingerprint density at radius 3 is 2.79 bits per heavy atom. The second-order valence-electron chi connectivity index (χ2n) is 3.96. The number of primary sulfonamides is 1. The SMILES string of the molecule is Nc1ccc(NCCc2cscn2)c(S(N)(=O)=O)c1. The van der Waals surface area contributed by atoms with Gasteiger partial charge in [-0.1, -0.05) is 0 Å². The molecule has 0 atom stereocenters. The summed E-state index contributed by atoms with van der Waals surface area (Å²) in [7, 11) is -3.80. The molecule has 8 heteroatoms. The first kappa shape index (κ1) is 13.8. The summed E-state index contributed by atoms with van der Waals surface area (Å²) in [5, 5.41) is 10.1. The highest BCUT2D eigenvalue weighted by atomic mass is 32.2. The van der Waals surface area contributed by atoms with Gasteiger partial charge in [-0.25, -0.2) is 18.5 Å². The molecule has 6 nitrogen and oxygen atoms in total. The zero-order valence-electron chi connectivity index (χ0n) is 10.0. The van der Waals surface area contributed by atoms with Crippen molar-refractivity contribution < 1.29 is 8.42 Å². The first-order chi connectivity index (χ1) is 8.97. The summed E-state index contributed by atoms with van der Waals surface area (Å²) < 4.78 is 22.9. The average molecular weight is 298 g/mol. The lowest BCUT2D eigenvalue weighted by Crippen LogP contribution is -2.16. The lowest BCUT2D eigenvalue weighted by Gasteiger charge is -2.10. The van der Waals surface area contributed by atoms with Crippen LogP contribution in [0.4, 0.5) is 11.4 Å². The molecule has 0 saturated carbocycles. The van der Waals surface area contributed by atoms with E-state index in [1.54, 1.807) is 17.6 Å². The van der Waals surface area contributed by atoms with Gasteiger partial charge >= 0.3 is 0 Å². The second kappa shape index (κ2) is 5.55. The molecule has 1 aromatic carbocycles. The van der Waals surface area contributed by atoms with Crippen LogP contribution in [0.2, 0.25) is 0 Å². The van der Waals surface area contributed by atoms with Gasteiger partial charge in [0.1, 0.15) is 4.90 Å². The Labute approximate surface area is 115 Å². The van der Waals surface area contributed by atoms with Crippen molar-refractivity contribution in [2.45, 2.75) is 11.3 Å². The minimum absolute atomic E-state index is 0.00535. The topological polar surface area (TPSA) is 111 Å². The fourth-order valence-electron chi connectivity index (χ4n) is 1.61. The van der Waals surface area contributed by atoms with Gasteiger partial charge in [0.25, 0.3) is 0 Å². The lowest BCUT2D eigenvalue weighted by atomic mass is 10.2. The highest BCUT2D eigenvalue weighted by Gasteiger charge is 2.14. The maximum atomic E-state index is 11.5. The van der Waals surface area contributed by atoms with Crippen LogP contribution in [-0.2, 0) is 16.4 Å². The van der Waals surface area contributed by atoms with E-state index >= 15 is 0 Å². The number of rotatable bonds is 5. The van der Waals surface area contributed by atoms with Crippen LogP contribution in [0, 0.1) is 0 Å². The van der Waals surface area contributed by atoms with Gasteiger partial charge in [-0.05, 0) is 18.2 Å². The molecule has 0 saturated heterocycles. The van der Waals surface area contributed by atoms with E-state index in [1.807, 2.05) is 5.38 Å². The van der Waals surface area contributed by atoms with Gasteiger partial charge in [0.05, 0.1) is 16.9 Å². The number of nitrogens with one attached hydrogen (secondary N) is 1. The average Bonchev–Trinajstić information content (AvgIpc) is 2.83. The third kappa shape index (κ3) is 3.66. The monoisotopic (exact) mass is 298 g/mol. The minimum Gasteiger partial charge on any atom is -0.399 e. The Kier molecular flexibility index (Phi) is 4.03. The van der Waals surface area contributed by atoms with Crippen LogP contribution < -0.4 is 16.2 Å². The number of hydrogen-bond donors (Lipinski definition) is 3. The van der Waals surface area contributed by atoms with Crippen LogP contribution in [0.15, 0.2) is 34.0 Å². The Hall–Kier alpha value is -1.64. The van der Waals surface area contributed by atoms with Gasteiger partial charge in [0.2, 0.25) is 10.0 Å². The van der Waals surface area contributed by atoms with Gasteiger partial charge in [-0.15, -0.1) is 11.3 Å². The third-order valence-corrected chi connectivity index (χ3v) is 4.08. The molecule has 0 radical (unpaired) electrons. The number of sulfonamides is 1. The summed E-state index contributed by atoms with van der Waals surface area (Å²) in [4.78, 5) is 4.15. The van der Waals surface area contributed by atoms with E-state index in [0.717, 1.165) is 5.69 Å². The predicted molar refractivity (Wildman–Crippen MR) is 76.5 cm³/mol. The Bertz CT molecular complexity index is 653. The summed E-state index contributed by atoms with van der Waals surface area (Å²) in [6, 6.07) is 4.58. The summed E-state index contributed by atoms with van der Waals surface area (Å²) in [6.07, 6.45) is 0.706. The number of benzene rings is 1. The molecule has 0 spiro atoms. The molecule has 0 bridgehead atoms. The fraction of sp³-hybridized carbons (Fsp3) is 0.182. The van der Waals surface area contributed by atoms with Crippen molar-refractivity contribution in [1.29, 1.82) is 0 Å². The van der Waals surface area contributed by atoms with E-state index in [1.165, 1.54) is 17.4 Å². The van der Waals surface area contributed by atoms with Gasteiger partial charge in [0.15, 0.2) is 0 Å². The number of thiazole rings is 1. The molecule has 2 rings (SSSR count). The van der Waals surface area contributed by atoms with E-state index in [4.69, 9.17) is 10.9 Å². The summed E-state index contributed by atoms with van der Waals surface area (Å²) in [5.41, 5.74) is 9.10. The van der Waals surface area contributed by atoms with Crippen molar-refractivity contribution in [3.63, 3.8) is 0 Å². The van der Waals surface area contributed by atoms with Crippen LogP contribution in [0.5, 0.6) is 0 Å². The summed E-state index contributed by atoms with van der Waals surface area (Å²) in [6.45, 7) is 0.566. The zero-order chi connectivity index (χ0) is 13.9. The van der Waals surface area contributed by atoms with Crippen LogP contribution >= 0.6 is 11.3 Å².